The third-order valence-electron chi connectivity index (χ3n) is 2.74. The summed E-state index contributed by atoms with van der Waals surface area (Å²) in [5.41, 5.74) is 6.98. The van der Waals surface area contributed by atoms with E-state index in [2.05, 4.69) is 64.4 Å². The summed E-state index contributed by atoms with van der Waals surface area (Å²) in [6.45, 7) is 22.0. The molecule has 0 spiro atoms. The van der Waals surface area contributed by atoms with E-state index in [4.69, 9.17) is 15.9 Å². The molecular weight excluding hydrogens is 460 g/mol. The molecule has 0 unspecified atom stereocenters. The third-order valence-corrected chi connectivity index (χ3v) is 3.43. The van der Waals surface area contributed by atoms with Crippen molar-refractivity contribution in [2.75, 3.05) is 19.6 Å². The van der Waals surface area contributed by atoms with Crippen molar-refractivity contribution >= 4 is 35.1 Å². The fourth-order valence-electron chi connectivity index (χ4n) is 1.44. The molecule has 0 radical (unpaired) electrons. The number of unbranched alkanes of at least 4 members (excludes halogenated alkanes) is 1. The van der Waals surface area contributed by atoms with Gasteiger partial charge in [-0.15, -0.1) is 0 Å². The van der Waals surface area contributed by atoms with Gasteiger partial charge in [-0.05, 0) is 60.3 Å². The molecule has 0 fully saturated rings. The normalized spacial score (nSPS) is 10.2. The maximum Gasteiger partial charge on any atom is 0.407 e. The Balaban J connectivity index is -0.000000212. The van der Waals surface area contributed by atoms with E-state index in [1.54, 1.807) is 6.34 Å². The van der Waals surface area contributed by atoms with Crippen molar-refractivity contribution in [1.29, 1.82) is 5.41 Å². The Labute approximate surface area is 199 Å². The van der Waals surface area contributed by atoms with Crippen LogP contribution in [0.3, 0.4) is 0 Å². The van der Waals surface area contributed by atoms with Crippen molar-refractivity contribution in [3.63, 3.8) is 0 Å². The molecule has 0 aromatic rings. The second-order valence-electron chi connectivity index (χ2n) is 7.04. The lowest BCUT2D eigenvalue weighted by atomic mass is 10.2. The SMILES string of the molecule is C=N.CC.CC(C)(C)OC(=O)NCCN.CCCCN=CNC(N/C(C)=C/Br)=C(C)C. The highest BCUT2D eigenvalue weighted by molar-refractivity contribution is 9.11. The number of nitrogens with two attached hydrogens (primary N) is 1. The summed E-state index contributed by atoms with van der Waals surface area (Å²) in [6, 6.07) is 0. The topological polar surface area (TPSA) is 125 Å². The fraction of sp³-hybridized carbons (Fsp3) is 0.682. The van der Waals surface area contributed by atoms with Gasteiger partial charge >= 0.3 is 6.09 Å². The zero-order valence-corrected chi connectivity index (χ0v) is 22.7. The van der Waals surface area contributed by atoms with E-state index in [1.807, 2.05) is 46.5 Å². The highest BCUT2D eigenvalue weighted by Crippen LogP contribution is 2.05. The van der Waals surface area contributed by atoms with E-state index in [1.165, 1.54) is 12.0 Å². The first kappa shape index (κ1) is 36.5. The number of nitrogens with one attached hydrogen (secondary N) is 4. The lowest BCUT2D eigenvalue weighted by Gasteiger charge is -2.19. The second kappa shape index (κ2) is 26.2. The quantitative estimate of drug-likeness (QED) is 0.165. The van der Waals surface area contributed by atoms with Gasteiger partial charge in [0.1, 0.15) is 11.4 Å². The molecule has 8 nitrogen and oxygen atoms in total. The number of hydrogen-bond donors (Lipinski definition) is 5. The lowest BCUT2D eigenvalue weighted by molar-refractivity contribution is 0.0529. The van der Waals surface area contributed by atoms with E-state index >= 15 is 0 Å². The van der Waals surface area contributed by atoms with Crippen molar-refractivity contribution in [3.8, 4) is 0 Å². The van der Waals surface area contributed by atoms with Crippen molar-refractivity contribution in [3.05, 3.63) is 22.1 Å². The summed E-state index contributed by atoms with van der Waals surface area (Å²) in [5, 5.41) is 14.4. The van der Waals surface area contributed by atoms with Crippen molar-refractivity contribution in [2.24, 2.45) is 10.7 Å². The molecule has 0 saturated heterocycles. The largest absolute Gasteiger partial charge is 0.444 e. The average Bonchev–Trinajstić information content (AvgIpc) is 2.73. The Kier molecular flexibility index (Phi) is 30.8. The number of hydrogen-bond acceptors (Lipinski definition) is 6. The number of aliphatic imine (C=N–C) groups is 1. The number of carbonyl (C=O) groups is 1. The number of rotatable bonds is 9. The molecule has 31 heavy (non-hydrogen) atoms. The number of allylic oxidation sites excluding steroid dienone is 2. The molecule has 0 aliphatic rings. The predicted octanol–water partition coefficient (Wildman–Crippen LogP) is 5.26. The molecule has 0 atom stereocenters. The van der Waals surface area contributed by atoms with Crippen LogP contribution in [0.4, 0.5) is 4.79 Å². The van der Waals surface area contributed by atoms with Crippen LogP contribution in [-0.2, 0) is 4.74 Å². The molecule has 0 aliphatic heterocycles. The van der Waals surface area contributed by atoms with Gasteiger partial charge in [-0.1, -0.05) is 43.1 Å². The Morgan fingerprint density at radius 2 is 1.77 bits per heavy atom. The summed E-state index contributed by atoms with van der Waals surface area (Å²) in [7, 11) is 0. The highest BCUT2D eigenvalue weighted by Gasteiger charge is 2.14. The van der Waals surface area contributed by atoms with Crippen LogP contribution < -0.4 is 21.7 Å². The molecule has 1 amide bonds. The summed E-state index contributed by atoms with van der Waals surface area (Å²) in [6.07, 6.45) is 3.65. The van der Waals surface area contributed by atoms with Gasteiger partial charge in [0.05, 0.1) is 6.34 Å². The highest BCUT2D eigenvalue weighted by atomic mass is 79.9. The van der Waals surface area contributed by atoms with Crippen LogP contribution in [0.25, 0.3) is 0 Å². The number of carbonyl (C=O) groups excluding carboxylic acids is 1. The second-order valence-corrected chi connectivity index (χ2v) is 7.50. The van der Waals surface area contributed by atoms with Crippen molar-refractivity contribution in [1.82, 2.24) is 16.0 Å². The van der Waals surface area contributed by atoms with E-state index in [0.29, 0.717) is 13.1 Å². The molecule has 184 valence electrons. The molecule has 0 aliphatic carbocycles. The molecule has 0 heterocycles. The van der Waals surface area contributed by atoms with Crippen LogP contribution in [-0.4, -0.2) is 44.4 Å². The molecule has 0 rings (SSSR count). The van der Waals surface area contributed by atoms with Gasteiger partial charge in [-0.25, -0.2) is 4.79 Å². The number of ether oxygens (including phenoxy) is 1. The Hall–Kier alpha value is -1.87. The third kappa shape index (κ3) is 33.0. The number of nitrogens with zero attached hydrogens (tertiary/aromatic N) is 1. The standard InChI is InChI=1S/C12H22BrN3.C7H16N2O2.C2H6.CH3N/c1-5-6-7-14-9-15-12(10(2)3)16-11(4)8-13;1-7(2,3)11-6(10)9-5-4-8;2*1-2/h8-9,16H,5-7H2,1-4H3,(H,14,15);4-5,8H2,1-3H3,(H,9,10);1-2H3;2H,1H2/b11-8+;;;. The van der Waals surface area contributed by atoms with Crippen molar-refractivity contribution < 1.29 is 9.53 Å². The molecule has 0 aromatic heterocycles. The van der Waals surface area contributed by atoms with Crippen molar-refractivity contribution in [2.45, 2.75) is 80.8 Å². The minimum atomic E-state index is -0.432. The van der Waals surface area contributed by atoms with Gasteiger partial charge in [0, 0.05) is 30.3 Å². The van der Waals surface area contributed by atoms with E-state index in [-0.39, 0.29) is 0 Å². The average molecular weight is 508 g/mol. The minimum Gasteiger partial charge on any atom is -0.444 e. The first-order chi connectivity index (χ1) is 14.6. The van der Waals surface area contributed by atoms with Gasteiger partial charge in [0.15, 0.2) is 0 Å². The lowest BCUT2D eigenvalue weighted by Crippen LogP contribution is -2.35. The summed E-state index contributed by atoms with van der Waals surface area (Å²) in [4.78, 5) is 17.0. The number of amides is 1. The molecule has 0 saturated carbocycles. The molecular formula is C22H47BrN6O2. The summed E-state index contributed by atoms with van der Waals surface area (Å²) >= 11 is 3.29. The minimum absolute atomic E-state index is 0.414. The van der Waals surface area contributed by atoms with E-state index in [0.717, 1.165) is 24.5 Å². The first-order valence-corrected chi connectivity index (χ1v) is 11.5. The molecule has 0 aromatic carbocycles. The zero-order chi connectivity index (χ0) is 25.3. The monoisotopic (exact) mass is 506 g/mol. The first-order valence-electron chi connectivity index (χ1n) is 10.6. The Morgan fingerprint density at radius 1 is 1.23 bits per heavy atom. The fourth-order valence-corrected chi connectivity index (χ4v) is 1.56. The number of alkyl carbamates (subject to hydrolysis) is 1. The van der Waals surface area contributed by atoms with Gasteiger partial charge < -0.3 is 31.8 Å². The molecule has 6 N–H and O–H groups in total. The smallest absolute Gasteiger partial charge is 0.407 e. The van der Waals surface area contributed by atoms with Crippen LogP contribution >= 0.6 is 15.9 Å². The van der Waals surface area contributed by atoms with E-state index < -0.39 is 11.7 Å². The molecule has 0 bridgehead atoms. The summed E-state index contributed by atoms with van der Waals surface area (Å²) < 4.78 is 4.93. The van der Waals surface area contributed by atoms with E-state index in [9.17, 15) is 4.79 Å². The van der Waals surface area contributed by atoms with Gasteiger partial charge in [-0.2, -0.15) is 0 Å². The van der Waals surface area contributed by atoms with Gasteiger partial charge in [0.2, 0.25) is 0 Å². The van der Waals surface area contributed by atoms with Crippen LogP contribution in [0.2, 0.25) is 0 Å². The van der Waals surface area contributed by atoms with Gasteiger partial charge in [0.25, 0.3) is 0 Å². The summed E-state index contributed by atoms with van der Waals surface area (Å²) in [5.74, 6) is 0.980. The van der Waals surface area contributed by atoms with Crippen LogP contribution in [0.15, 0.2) is 27.1 Å². The van der Waals surface area contributed by atoms with Crippen LogP contribution in [0.5, 0.6) is 0 Å². The van der Waals surface area contributed by atoms with Gasteiger partial charge in [-0.3, -0.25) is 4.99 Å². The zero-order valence-electron chi connectivity index (χ0n) is 21.1. The Bertz CT molecular complexity index is 511. The van der Waals surface area contributed by atoms with Crippen LogP contribution in [0, 0.1) is 5.41 Å². The van der Waals surface area contributed by atoms with Crippen LogP contribution in [0.1, 0.15) is 75.2 Å². The predicted molar refractivity (Wildman–Crippen MR) is 140 cm³/mol. The molecule has 9 heteroatoms. The maximum absolute atomic E-state index is 10.8. The number of halogens is 1. The Morgan fingerprint density at radius 3 is 2.16 bits per heavy atom. The maximum atomic E-state index is 10.8.